The number of benzene rings is 4. The summed E-state index contributed by atoms with van der Waals surface area (Å²) in [6.45, 7) is 0. The molecule has 4 aromatic rings. The number of methoxy groups -OCH3 is 1. The topological polar surface area (TPSA) is 67.4 Å². The van der Waals surface area contributed by atoms with Crippen LogP contribution in [0.15, 0.2) is 120 Å². The van der Waals surface area contributed by atoms with E-state index in [1.54, 1.807) is 55.3 Å². The highest BCUT2D eigenvalue weighted by molar-refractivity contribution is 7.98. The van der Waals surface area contributed by atoms with Crippen LogP contribution in [0.1, 0.15) is 21.5 Å². The normalized spacial score (nSPS) is 11.0. The Morgan fingerprint density at radius 3 is 2.22 bits per heavy atom. The summed E-state index contributed by atoms with van der Waals surface area (Å²) in [5, 5.41) is 5.64. The molecule has 0 spiro atoms. The molecule has 0 radical (unpaired) electrons. The first-order valence-electron chi connectivity index (χ1n) is 11.4. The maximum absolute atomic E-state index is 13.2. The van der Waals surface area contributed by atoms with Crippen molar-refractivity contribution in [3.63, 3.8) is 0 Å². The molecule has 0 aromatic heterocycles. The summed E-state index contributed by atoms with van der Waals surface area (Å²) in [5.41, 5.74) is 3.19. The molecule has 0 heterocycles. The zero-order valence-electron chi connectivity index (χ0n) is 19.8. The molecule has 180 valence electrons. The van der Waals surface area contributed by atoms with Crippen LogP contribution in [0.25, 0.3) is 6.08 Å². The molecule has 2 amide bonds. The van der Waals surface area contributed by atoms with Gasteiger partial charge < -0.3 is 15.4 Å². The first-order chi connectivity index (χ1) is 17.6. The highest BCUT2D eigenvalue weighted by atomic mass is 32.2. The summed E-state index contributed by atoms with van der Waals surface area (Å²) in [6.07, 6.45) is 1.63. The van der Waals surface area contributed by atoms with Crippen molar-refractivity contribution >= 4 is 35.3 Å². The van der Waals surface area contributed by atoms with E-state index in [0.29, 0.717) is 17.0 Å². The Bertz CT molecular complexity index is 1340. The molecule has 6 heteroatoms. The van der Waals surface area contributed by atoms with E-state index in [2.05, 4.69) is 22.8 Å². The monoisotopic (exact) mass is 494 g/mol. The molecule has 4 rings (SSSR count). The third kappa shape index (κ3) is 7.10. The van der Waals surface area contributed by atoms with Gasteiger partial charge in [-0.15, -0.1) is 11.8 Å². The minimum absolute atomic E-state index is 0.125. The van der Waals surface area contributed by atoms with Crippen LogP contribution in [-0.4, -0.2) is 18.9 Å². The fraction of sp³-hybridized carbons (Fsp3) is 0.0667. The Balaban J connectivity index is 1.49. The van der Waals surface area contributed by atoms with Gasteiger partial charge in [-0.05, 0) is 65.7 Å². The van der Waals surface area contributed by atoms with Crippen molar-refractivity contribution in [1.29, 1.82) is 0 Å². The van der Waals surface area contributed by atoms with Gasteiger partial charge in [-0.3, -0.25) is 9.59 Å². The second-order valence-electron chi connectivity index (χ2n) is 7.91. The van der Waals surface area contributed by atoms with Crippen LogP contribution in [0.5, 0.6) is 5.75 Å². The molecule has 0 aliphatic rings. The lowest BCUT2D eigenvalue weighted by Crippen LogP contribution is -2.30. The van der Waals surface area contributed by atoms with Gasteiger partial charge in [0.25, 0.3) is 11.8 Å². The molecule has 0 saturated heterocycles. The molecule has 0 atom stereocenters. The predicted octanol–water partition coefficient (Wildman–Crippen LogP) is 6.40. The molecule has 0 bridgehead atoms. The van der Waals surface area contributed by atoms with Crippen LogP contribution in [0, 0.1) is 0 Å². The van der Waals surface area contributed by atoms with Crippen molar-refractivity contribution in [3.8, 4) is 5.75 Å². The third-order valence-electron chi connectivity index (χ3n) is 5.29. The van der Waals surface area contributed by atoms with Crippen LogP contribution in [0.4, 0.5) is 5.69 Å². The van der Waals surface area contributed by atoms with Gasteiger partial charge in [-0.1, -0.05) is 60.7 Å². The van der Waals surface area contributed by atoms with Crippen molar-refractivity contribution in [3.05, 3.63) is 132 Å². The Labute approximate surface area is 215 Å². The Hall–Kier alpha value is -4.29. The van der Waals surface area contributed by atoms with E-state index in [-0.39, 0.29) is 11.6 Å². The molecular formula is C30H26N2O3S. The minimum atomic E-state index is -0.424. The van der Waals surface area contributed by atoms with E-state index >= 15 is 0 Å². The zero-order chi connectivity index (χ0) is 25.2. The lowest BCUT2D eigenvalue weighted by molar-refractivity contribution is -0.113. The molecule has 0 aliphatic heterocycles. The SMILES string of the molecule is COc1cccc(/C=C(\NC(=O)c2ccccc2)C(=O)Nc2ccc(SCc3ccccc3)cc2)c1. The number of thioether (sulfide) groups is 1. The smallest absolute Gasteiger partial charge is 0.272 e. The first-order valence-corrected chi connectivity index (χ1v) is 12.4. The van der Waals surface area contributed by atoms with E-state index in [0.717, 1.165) is 16.2 Å². The summed E-state index contributed by atoms with van der Waals surface area (Å²) in [6, 6.07) is 34.0. The number of hydrogen-bond acceptors (Lipinski definition) is 4. The second kappa shape index (κ2) is 12.4. The number of amides is 2. The average molecular weight is 495 g/mol. The van der Waals surface area contributed by atoms with Crippen LogP contribution >= 0.6 is 11.8 Å². The zero-order valence-corrected chi connectivity index (χ0v) is 20.6. The molecule has 4 aromatic carbocycles. The highest BCUT2D eigenvalue weighted by Crippen LogP contribution is 2.24. The summed E-state index contributed by atoms with van der Waals surface area (Å²) < 4.78 is 5.28. The maximum atomic E-state index is 13.2. The third-order valence-corrected chi connectivity index (χ3v) is 6.38. The highest BCUT2D eigenvalue weighted by Gasteiger charge is 2.15. The van der Waals surface area contributed by atoms with Gasteiger partial charge in [-0.2, -0.15) is 0 Å². The molecule has 0 saturated carbocycles. The van der Waals surface area contributed by atoms with Gasteiger partial charge in [0.05, 0.1) is 7.11 Å². The number of nitrogens with one attached hydrogen (secondary N) is 2. The molecule has 36 heavy (non-hydrogen) atoms. The first kappa shape index (κ1) is 24.8. The van der Waals surface area contributed by atoms with Gasteiger partial charge in [0.15, 0.2) is 0 Å². The van der Waals surface area contributed by atoms with Gasteiger partial charge in [0.2, 0.25) is 0 Å². The summed E-state index contributed by atoms with van der Waals surface area (Å²) in [7, 11) is 1.58. The molecule has 5 nitrogen and oxygen atoms in total. The molecule has 0 unspecified atom stereocenters. The van der Waals surface area contributed by atoms with Crippen LogP contribution in [0.2, 0.25) is 0 Å². The number of anilines is 1. The molecule has 0 aliphatic carbocycles. The Morgan fingerprint density at radius 2 is 1.53 bits per heavy atom. The Morgan fingerprint density at radius 1 is 0.833 bits per heavy atom. The van der Waals surface area contributed by atoms with Gasteiger partial charge in [0.1, 0.15) is 11.4 Å². The van der Waals surface area contributed by atoms with Gasteiger partial charge in [0, 0.05) is 21.9 Å². The van der Waals surface area contributed by atoms with E-state index < -0.39 is 5.91 Å². The van der Waals surface area contributed by atoms with E-state index in [1.807, 2.05) is 66.7 Å². The lowest BCUT2D eigenvalue weighted by atomic mass is 10.1. The van der Waals surface area contributed by atoms with Crippen molar-refractivity contribution in [2.24, 2.45) is 0 Å². The fourth-order valence-corrected chi connectivity index (χ4v) is 4.27. The van der Waals surface area contributed by atoms with Crippen molar-refractivity contribution in [2.75, 3.05) is 12.4 Å². The predicted molar refractivity (Wildman–Crippen MR) is 146 cm³/mol. The lowest BCUT2D eigenvalue weighted by Gasteiger charge is -2.12. The standard InChI is InChI=1S/C30H26N2O3S/c1-35-26-14-8-11-23(19-26)20-28(32-29(33)24-12-6-3-7-13-24)30(34)31-25-15-17-27(18-16-25)36-21-22-9-4-2-5-10-22/h2-20H,21H2,1H3,(H,31,34)(H,32,33)/b28-20-. The number of ether oxygens (including phenoxy) is 1. The Kier molecular flexibility index (Phi) is 8.57. The van der Waals surface area contributed by atoms with Crippen molar-refractivity contribution in [2.45, 2.75) is 10.6 Å². The number of carbonyl (C=O) groups is 2. The fourth-order valence-electron chi connectivity index (χ4n) is 3.41. The minimum Gasteiger partial charge on any atom is -0.497 e. The van der Waals surface area contributed by atoms with Gasteiger partial charge in [-0.25, -0.2) is 0 Å². The quantitative estimate of drug-likeness (QED) is 0.209. The molecule has 2 N–H and O–H groups in total. The van der Waals surface area contributed by atoms with Crippen molar-refractivity contribution < 1.29 is 14.3 Å². The van der Waals surface area contributed by atoms with Crippen molar-refractivity contribution in [1.82, 2.24) is 5.32 Å². The largest absolute Gasteiger partial charge is 0.497 e. The number of hydrogen-bond donors (Lipinski definition) is 2. The number of carbonyl (C=O) groups excluding carboxylic acids is 2. The number of rotatable bonds is 9. The van der Waals surface area contributed by atoms with Crippen LogP contribution < -0.4 is 15.4 Å². The summed E-state index contributed by atoms with van der Waals surface area (Å²) in [4.78, 5) is 27.1. The molecular weight excluding hydrogens is 468 g/mol. The summed E-state index contributed by atoms with van der Waals surface area (Å²) in [5.74, 6) is 0.728. The summed E-state index contributed by atoms with van der Waals surface area (Å²) >= 11 is 1.73. The molecule has 0 fully saturated rings. The van der Waals surface area contributed by atoms with E-state index in [9.17, 15) is 9.59 Å². The van der Waals surface area contributed by atoms with E-state index in [1.165, 1.54) is 5.56 Å². The van der Waals surface area contributed by atoms with Gasteiger partial charge >= 0.3 is 0 Å². The van der Waals surface area contributed by atoms with Crippen LogP contribution in [0.3, 0.4) is 0 Å². The van der Waals surface area contributed by atoms with Crippen LogP contribution in [-0.2, 0) is 10.5 Å². The average Bonchev–Trinajstić information content (AvgIpc) is 2.93. The maximum Gasteiger partial charge on any atom is 0.272 e. The second-order valence-corrected chi connectivity index (χ2v) is 8.96. The van der Waals surface area contributed by atoms with E-state index in [4.69, 9.17) is 4.74 Å².